The Balaban J connectivity index is 1.55. The van der Waals surface area contributed by atoms with Crippen LogP contribution in [-0.2, 0) is 14.1 Å². The summed E-state index contributed by atoms with van der Waals surface area (Å²) in [5, 5.41) is 18.3. The second-order valence-electron chi connectivity index (χ2n) is 7.52. The van der Waals surface area contributed by atoms with Crippen molar-refractivity contribution in [3.05, 3.63) is 42.5 Å². The van der Waals surface area contributed by atoms with Gasteiger partial charge in [-0.3, -0.25) is 0 Å². The number of fused-ring (bicyclic) bond motifs is 1. The van der Waals surface area contributed by atoms with Gasteiger partial charge in [-0.05, 0) is 55.2 Å². The Morgan fingerprint density at radius 2 is 1.96 bits per heavy atom. The maximum absolute atomic E-state index is 9.43. The number of benzene rings is 2. The molecule has 1 aliphatic heterocycles. The number of imidazole rings is 1. The van der Waals surface area contributed by atoms with Crippen molar-refractivity contribution in [2.75, 3.05) is 30.3 Å². The molecule has 1 atom stereocenters. The minimum absolute atomic E-state index is 0.260. The van der Waals surface area contributed by atoms with Crippen molar-refractivity contribution < 1.29 is 9.67 Å². The van der Waals surface area contributed by atoms with Gasteiger partial charge in [-0.15, -0.1) is 0 Å². The quantitative estimate of drug-likeness (QED) is 0.415. The van der Waals surface area contributed by atoms with E-state index in [2.05, 4.69) is 27.3 Å². The zero-order valence-electron chi connectivity index (χ0n) is 16.4. The highest BCUT2D eigenvalue weighted by Crippen LogP contribution is 2.26. The number of nitrogen functional groups attached to an aromatic ring is 1. The minimum Gasteiger partial charge on any atom is -0.399 e. The second kappa shape index (κ2) is 7.59. The van der Waals surface area contributed by atoms with Gasteiger partial charge in [0.2, 0.25) is 0 Å². The summed E-state index contributed by atoms with van der Waals surface area (Å²) in [6.07, 6.45) is 2.22. The summed E-state index contributed by atoms with van der Waals surface area (Å²) in [4.78, 5) is 2.33. The number of aliphatic hydroxyl groups excluding tert-OH is 1. The summed E-state index contributed by atoms with van der Waals surface area (Å²) < 4.78 is 4.00. The van der Waals surface area contributed by atoms with Crippen LogP contribution in [0.1, 0.15) is 12.8 Å². The van der Waals surface area contributed by atoms with Gasteiger partial charge in [-0.1, -0.05) is 5.11 Å². The third kappa shape index (κ3) is 3.45. The van der Waals surface area contributed by atoms with E-state index in [0.717, 1.165) is 54.3 Å². The van der Waals surface area contributed by atoms with Crippen LogP contribution in [0.2, 0.25) is 0 Å². The number of hydrogen-bond donors (Lipinski definition) is 2. The molecule has 1 saturated heterocycles. The van der Waals surface area contributed by atoms with E-state index < -0.39 is 0 Å². The summed E-state index contributed by atoms with van der Waals surface area (Å²) in [7, 11) is 3.94. The Kier molecular flexibility index (Phi) is 5.00. The van der Waals surface area contributed by atoms with Gasteiger partial charge in [-0.2, -0.15) is 0 Å². The molecule has 2 aromatic carbocycles. The molecule has 3 aromatic rings. The highest BCUT2D eigenvalue weighted by atomic mass is 16.3. The van der Waals surface area contributed by atoms with Crippen LogP contribution < -0.4 is 15.2 Å². The highest BCUT2D eigenvalue weighted by molar-refractivity contribution is 5.77. The van der Waals surface area contributed by atoms with Crippen molar-refractivity contribution >= 4 is 34.0 Å². The Bertz CT molecular complexity index is 1010. The molecule has 0 aliphatic carbocycles. The molecule has 2 heterocycles. The Labute approximate surface area is 164 Å². The predicted octanol–water partition coefficient (Wildman–Crippen LogP) is 3.21. The molecule has 3 N–H and O–H groups in total. The first kappa shape index (κ1) is 18.4. The summed E-state index contributed by atoms with van der Waals surface area (Å²) in [5.41, 5.74) is 10.7. The van der Waals surface area contributed by atoms with Crippen LogP contribution in [0.3, 0.4) is 0 Å². The smallest absolute Gasteiger partial charge is 0.399 e. The molecule has 0 bridgehead atoms. The molecule has 1 aromatic heterocycles. The summed E-state index contributed by atoms with van der Waals surface area (Å²) in [5.74, 6) is 1.13. The third-order valence-electron chi connectivity index (χ3n) is 5.57. The maximum atomic E-state index is 9.43. The van der Waals surface area contributed by atoms with Crippen molar-refractivity contribution in [3.63, 3.8) is 0 Å². The van der Waals surface area contributed by atoms with Crippen molar-refractivity contribution in [3.8, 4) is 0 Å². The molecule has 7 nitrogen and oxygen atoms in total. The number of aliphatic hydroxyl groups is 1. The van der Waals surface area contributed by atoms with Crippen LogP contribution in [0.15, 0.2) is 52.7 Å². The predicted molar refractivity (Wildman–Crippen MR) is 111 cm³/mol. The maximum Gasteiger partial charge on any atom is 0.422 e. The second-order valence-corrected chi connectivity index (χ2v) is 7.52. The fraction of sp³-hybridized carbons (Fsp3) is 0.381. The van der Waals surface area contributed by atoms with Gasteiger partial charge in [0, 0.05) is 42.3 Å². The van der Waals surface area contributed by atoms with E-state index >= 15 is 0 Å². The highest BCUT2D eigenvalue weighted by Gasteiger charge is 2.21. The zero-order valence-corrected chi connectivity index (χ0v) is 16.4. The summed E-state index contributed by atoms with van der Waals surface area (Å²) >= 11 is 0. The van der Waals surface area contributed by atoms with Crippen LogP contribution in [0.25, 0.3) is 11.0 Å². The standard InChI is InChI=1S/C21H27N6O/c1-25-19-10-5-16(22)12-20(19)26(2)21(25)24-23-17-6-8-18(9-7-17)27-11-3-4-15(13-27)14-28/h5-10,12,15,28H,3-4,11,13-14,22H2,1-2H3/q+1. The van der Waals surface area contributed by atoms with Crippen LogP contribution in [0, 0.1) is 5.92 Å². The molecule has 28 heavy (non-hydrogen) atoms. The number of aryl methyl sites for hydroxylation is 2. The number of anilines is 2. The number of rotatable bonds is 4. The molecular weight excluding hydrogens is 352 g/mol. The summed E-state index contributed by atoms with van der Waals surface area (Å²) in [6.45, 7) is 2.20. The van der Waals surface area contributed by atoms with E-state index in [1.54, 1.807) is 0 Å². The first-order valence-electron chi connectivity index (χ1n) is 9.68. The van der Waals surface area contributed by atoms with Gasteiger partial charge in [0.25, 0.3) is 0 Å². The van der Waals surface area contributed by atoms with Crippen LogP contribution in [0.4, 0.5) is 23.0 Å². The topological polar surface area (TPSA) is 83.0 Å². The van der Waals surface area contributed by atoms with Crippen molar-refractivity contribution in [1.29, 1.82) is 0 Å². The van der Waals surface area contributed by atoms with Crippen molar-refractivity contribution in [2.24, 2.45) is 30.2 Å². The molecule has 1 fully saturated rings. The monoisotopic (exact) mass is 379 g/mol. The van der Waals surface area contributed by atoms with Gasteiger partial charge in [-0.25, -0.2) is 9.13 Å². The minimum atomic E-state index is 0.260. The normalized spacial score (nSPS) is 17.7. The Morgan fingerprint density at radius 1 is 1.18 bits per heavy atom. The van der Waals surface area contributed by atoms with Crippen LogP contribution in [0.5, 0.6) is 0 Å². The molecular formula is C21H27N6O+. The molecule has 146 valence electrons. The lowest BCUT2D eigenvalue weighted by molar-refractivity contribution is -0.632. The SMILES string of the molecule is Cn1c(N=Nc2ccc(N3CCCC(CO)C3)cc2)[n+](C)c2ccc(N)cc21. The van der Waals surface area contributed by atoms with Gasteiger partial charge in [0.05, 0.1) is 14.1 Å². The van der Waals surface area contributed by atoms with Gasteiger partial charge >= 0.3 is 5.95 Å². The van der Waals surface area contributed by atoms with Crippen LogP contribution >= 0.6 is 0 Å². The van der Waals surface area contributed by atoms with E-state index in [4.69, 9.17) is 5.73 Å². The lowest BCUT2D eigenvalue weighted by atomic mass is 9.98. The largest absolute Gasteiger partial charge is 0.422 e. The lowest BCUT2D eigenvalue weighted by Crippen LogP contribution is -2.36. The van der Waals surface area contributed by atoms with Crippen molar-refractivity contribution in [2.45, 2.75) is 12.8 Å². The van der Waals surface area contributed by atoms with E-state index in [9.17, 15) is 5.11 Å². The molecule has 0 spiro atoms. The molecule has 7 heteroatoms. The number of azo groups is 1. The average molecular weight is 379 g/mol. The number of piperidine rings is 1. The zero-order chi connectivity index (χ0) is 19.7. The van der Waals surface area contributed by atoms with E-state index in [0.29, 0.717) is 5.92 Å². The fourth-order valence-electron chi connectivity index (χ4n) is 3.95. The Hall–Kier alpha value is -2.93. The first-order chi connectivity index (χ1) is 13.6. The molecule has 0 radical (unpaired) electrons. The third-order valence-corrected chi connectivity index (χ3v) is 5.57. The van der Waals surface area contributed by atoms with Gasteiger partial charge in [0.15, 0.2) is 0 Å². The van der Waals surface area contributed by atoms with E-state index in [-0.39, 0.29) is 6.61 Å². The van der Waals surface area contributed by atoms with Crippen molar-refractivity contribution in [1.82, 2.24) is 4.57 Å². The van der Waals surface area contributed by atoms with Crippen LogP contribution in [-0.4, -0.2) is 29.4 Å². The van der Waals surface area contributed by atoms with Gasteiger partial charge in [0.1, 0.15) is 16.7 Å². The molecule has 0 saturated carbocycles. The average Bonchev–Trinajstić information content (AvgIpc) is 2.96. The lowest BCUT2D eigenvalue weighted by Gasteiger charge is -2.33. The fourth-order valence-corrected chi connectivity index (χ4v) is 3.95. The molecule has 0 amide bonds. The number of nitrogens with two attached hydrogens (primary N) is 1. The molecule has 4 rings (SSSR count). The molecule has 1 unspecified atom stereocenters. The number of aromatic nitrogens is 2. The summed E-state index contributed by atoms with van der Waals surface area (Å²) in [6, 6.07) is 14.0. The van der Waals surface area contributed by atoms with E-state index in [1.165, 1.54) is 5.69 Å². The van der Waals surface area contributed by atoms with Gasteiger partial charge < -0.3 is 15.7 Å². The number of hydrogen-bond acceptors (Lipinski definition) is 5. The first-order valence-corrected chi connectivity index (χ1v) is 9.68. The number of nitrogens with zero attached hydrogens (tertiary/aromatic N) is 5. The Morgan fingerprint density at radius 3 is 2.71 bits per heavy atom. The molecule has 1 aliphatic rings. The van der Waals surface area contributed by atoms with E-state index in [1.807, 2.05) is 53.6 Å².